The summed E-state index contributed by atoms with van der Waals surface area (Å²) in [5.41, 5.74) is -1.53. The number of hydrogen-bond acceptors (Lipinski definition) is 6. The SMILES string of the molecule is COCCOc1cc([N+](=O)[O-])c(C(=O)NCC#Cc2cccc(C(F)(F)F)c2)cc1OC. The molecular weight excluding hydrogens is 433 g/mol. The smallest absolute Gasteiger partial charge is 0.416 e. The van der Waals surface area contributed by atoms with Crippen LogP contribution in [0.3, 0.4) is 0 Å². The Hall–Kier alpha value is -3.78. The van der Waals surface area contributed by atoms with Gasteiger partial charge >= 0.3 is 6.18 Å². The van der Waals surface area contributed by atoms with Gasteiger partial charge in [-0.25, -0.2) is 0 Å². The topological polar surface area (TPSA) is 99.9 Å². The molecule has 0 spiro atoms. The van der Waals surface area contributed by atoms with E-state index in [1.54, 1.807) is 0 Å². The number of nitrogens with one attached hydrogen (secondary N) is 1. The van der Waals surface area contributed by atoms with E-state index in [1.165, 1.54) is 26.4 Å². The summed E-state index contributed by atoms with van der Waals surface area (Å²) in [6, 6.07) is 6.64. The van der Waals surface area contributed by atoms with Crippen LogP contribution in [0.2, 0.25) is 0 Å². The fourth-order valence-electron chi connectivity index (χ4n) is 2.53. The molecule has 0 aromatic heterocycles. The number of nitro groups is 1. The highest BCUT2D eigenvalue weighted by atomic mass is 19.4. The monoisotopic (exact) mass is 452 g/mol. The van der Waals surface area contributed by atoms with Crippen molar-refractivity contribution in [1.82, 2.24) is 5.32 Å². The quantitative estimate of drug-likeness (QED) is 0.285. The summed E-state index contributed by atoms with van der Waals surface area (Å²) in [6.07, 6.45) is -4.50. The highest BCUT2D eigenvalue weighted by Gasteiger charge is 2.30. The third-order valence-corrected chi connectivity index (χ3v) is 4.03. The Morgan fingerprint density at radius 2 is 1.91 bits per heavy atom. The number of rotatable bonds is 8. The van der Waals surface area contributed by atoms with Gasteiger partial charge in [-0.1, -0.05) is 17.9 Å². The number of benzene rings is 2. The first-order valence-electron chi connectivity index (χ1n) is 9.10. The first-order valence-corrected chi connectivity index (χ1v) is 9.10. The summed E-state index contributed by atoms with van der Waals surface area (Å²) in [7, 11) is 2.78. The van der Waals surface area contributed by atoms with Gasteiger partial charge in [-0.15, -0.1) is 0 Å². The van der Waals surface area contributed by atoms with Gasteiger partial charge in [0.05, 0.1) is 36.8 Å². The molecule has 0 saturated carbocycles. The second kappa shape index (κ2) is 11.0. The number of alkyl halides is 3. The summed E-state index contributed by atoms with van der Waals surface area (Å²) in [5, 5.41) is 13.8. The van der Waals surface area contributed by atoms with Crippen LogP contribution in [0.25, 0.3) is 0 Å². The van der Waals surface area contributed by atoms with Crippen LogP contribution in [0.1, 0.15) is 21.5 Å². The van der Waals surface area contributed by atoms with E-state index in [0.717, 1.165) is 24.3 Å². The van der Waals surface area contributed by atoms with Crippen LogP contribution < -0.4 is 14.8 Å². The Morgan fingerprint density at radius 3 is 2.53 bits per heavy atom. The van der Waals surface area contributed by atoms with Crippen molar-refractivity contribution in [3.63, 3.8) is 0 Å². The predicted molar refractivity (Wildman–Crippen MR) is 108 cm³/mol. The van der Waals surface area contributed by atoms with Gasteiger partial charge in [0.15, 0.2) is 11.5 Å². The summed E-state index contributed by atoms with van der Waals surface area (Å²) in [4.78, 5) is 23.1. The predicted octanol–water partition coefficient (Wildman–Crippen LogP) is 3.43. The van der Waals surface area contributed by atoms with Crippen molar-refractivity contribution in [2.24, 2.45) is 0 Å². The number of amides is 1. The molecule has 1 N–H and O–H groups in total. The molecule has 0 radical (unpaired) electrons. The molecule has 0 bridgehead atoms. The zero-order valence-corrected chi connectivity index (χ0v) is 17.1. The molecular formula is C21H19F3N2O6. The molecule has 0 unspecified atom stereocenters. The normalized spacial score (nSPS) is 10.7. The van der Waals surface area contributed by atoms with Crippen LogP contribution in [-0.2, 0) is 10.9 Å². The molecule has 2 rings (SSSR count). The van der Waals surface area contributed by atoms with E-state index in [9.17, 15) is 28.1 Å². The standard InChI is InChI=1S/C21H19F3N2O6/c1-30-9-10-32-19-13-17(26(28)29)16(12-18(19)31-2)20(27)25-8-4-6-14-5-3-7-15(11-14)21(22,23)24/h3,5,7,11-13H,8-10H2,1-2H3,(H,25,27). The maximum absolute atomic E-state index is 12.7. The molecule has 0 aliphatic heterocycles. The van der Waals surface area contributed by atoms with E-state index in [2.05, 4.69) is 17.2 Å². The average molecular weight is 452 g/mol. The van der Waals surface area contributed by atoms with Crippen LogP contribution >= 0.6 is 0 Å². The van der Waals surface area contributed by atoms with Crippen LogP contribution in [0, 0.1) is 22.0 Å². The average Bonchev–Trinajstić information content (AvgIpc) is 2.76. The number of hydrogen-bond donors (Lipinski definition) is 1. The lowest BCUT2D eigenvalue weighted by Gasteiger charge is -2.12. The van der Waals surface area contributed by atoms with Crippen molar-refractivity contribution in [3.05, 3.63) is 63.2 Å². The van der Waals surface area contributed by atoms with Crippen molar-refractivity contribution in [3.8, 4) is 23.3 Å². The van der Waals surface area contributed by atoms with Crippen molar-refractivity contribution in [2.75, 3.05) is 34.0 Å². The fourth-order valence-corrected chi connectivity index (χ4v) is 2.53. The number of halogens is 3. The number of nitrogens with zero attached hydrogens (tertiary/aromatic N) is 1. The summed E-state index contributed by atoms with van der Waals surface area (Å²) in [5.74, 6) is 4.38. The first-order chi connectivity index (χ1) is 15.2. The molecule has 0 aliphatic rings. The second-order valence-electron chi connectivity index (χ2n) is 6.18. The van der Waals surface area contributed by atoms with Crippen LogP contribution in [0.4, 0.5) is 18.9 Å². The van der Waals surface area contributed by atoms with Gasteiger partial charge < -0.3 is 19.5 Å². The number of carbonyl (C=O) groups is 1. The summed E-state index contributed by atoms with van der Waals surface area (Å²) >= 11 is 0. The van der Waals surface area contributed by atoms with Gasteiger partial charge in [-0.2, -0.15) is 13.2 Å². The van der Waals surface area contributed by atoms with Gasteiger partial charge in [0.2, 0.25) is 0 Å². The lowest BCUT2D eigenvalue weighted by atomic mass is 10.1. The number of ether oxygens (including phenoxy) is 3. The molecule has 0 saturated heterocycles. The summed E-state index contributed by atoms with van der Waals surface area (Å²) < 4.78 is 53.6. The Bertz CT molecular complexity index is 1040. The van der Waals surface area contributed by atoms with Crippen LogP contribution in [0.15, 0.2) is 36.4 Å². The van der Waals surface area contributed by atoms with E-state index in [1.807, 2.05) is 0 Å². The molecule has 2 aromatic rings. The van der Waals surface area contributed by atoms with Crippen LogP contribution in [0.5, 0.6) is 11.5 Å². The van der Waals surface area contributed by atoms with Crippen molar-refractivity contribution in [2.45, 2.75) is 6.18 Å². The molecule has 11 heteroatoms. The van der Waals surface area contributed by atoms with Gasteiger partial charge in [0.25, 0.3) is 11.6 Å². The molecule has 8 nitrogen and oxygen atoms in total. The molecule has 32 heavy (non-hydrogen) atoms. The lowest BCUT2D eigenvalue weighted by molar-refractivity contribution is -0.385. The highest BCUT2D eigenvalue weighted by Crippen LogP contribution is 2.34. The molecule has 0 aliphatic carbocycles. The number of methoxy groups -OCH3 is 2. The van der Waals surface area contributed by atoms with Gasteiger partial charge in [-0.3, -0.25) is 14.9 Å². The van der Waals surface area contributed by atoms with Crippen molar-refractivity contribution < 1.29 is 37.1 Å². The summed E-state index contributed by atoms with van der Waals surface area (Å²) in [6.45, 7) is 0.102. The number of nitro benzene ring substituents is 1. The number of carbonyl (C=O) groups excluding carboxylic acids is 1. The van der Waals surface area contributed by atoms with E-state index in [0.29, 0.717) is 0 Å². The lowest BCUT2D eigenvalue weighted by Crippen LogP contribution is -2.24. The molecule has 1 amide bonds. The Balaban J connectivity index is 2.16. The molecule has 2 aromatic carbocycles. The maximum atomic E-state index is 12.7. The zero-order chi connectivity index (χ0) is 23.7. The first kappa shape index (κ1) is 24.5. The largest absolute Gasteiger partial charge is 0.493 e. The minimum atomic E-state index is -4.50. The van der Waals surface area contributed by atoms with Crippen molar-refractivity contribution in [1.29, 1.82) is 0 Å². The molecule has 0 fully saturated rings. The Kier molecular flexibility index (Phi) is 8.43. The zero-order valence-electron chi connectivity index (χ0n) is 17.1. The van der Waals surface area contributed by atoms with E-state index in [4.69, 9.17) is 14.2 Å². The molecule has 0 heterocycles. The van der Waals surface area contributed by atoms with Gasteiger partial charge in [0, 0.05) is 18.7 Å². The second-order valence-corrected chi connectivity index (χ2v) is 6.18. The Morgan fingerprint density at radius 1 is 1.16 bits per heavy atom. The highest BCUT2D eigenvalue weighted by molar-refractivity contribution is 5.99. The minimum absolute atomic E-state index is 0.0668. The van der Waals surface area contributed by atoms with E-state index < -0.39 is 28.3 Å². The van der Waals surface area contributed by atoms with E-state index >= 15 is 0 Å². The fraction of sp³-hybridized carbons (Fsp3) is 0.286. The molecule has 170 valence electrons. The van der Waals surface area contributed by atoms with E-state index in [-0.39, 0.29) is 42.4 Å². The van der Waals surface area contributed by atoms with Crippen molar-refractivity contribution >= 4 is 11.6 Å². The minimum Gasteiger partial charge on any atom is -0.493 e. The Labute approximate surface area is 181 Å². The van der Waals surface area contributed by atoms with Gasteiger partial charge in [0.1, 0.15) is 12.2 Å². The maximum Gasteiger partial charge on any atom is 0.416 e. The van der Waals surface area contributed by atoms with Gasteiger partial charge in [-0.05, 0) is 18.2 Å². The molecule has 0 atom stereocenters. The third kappa shape index (κ3) is 6.61. The third-order valence-electron chi connectivity index (χ3n) is 4.03. The van der Waals surface area contributed by atoms with Crippen LogP contribution in [-0.4, -0.2) is 44.8 Å².